The van der Waals surface area contributed by atoms with Crippen LogP contribution in [0.15, 0.2) is 12.1 Å². The van der Waals surface area contributed by atoms with Gasteiger partial charge in [-0.25, -0.2) is 4.39 Å². The lowest BCUT2D eigenvalue weighted by molar-refractivity contribution is 0.323. The van der Waals surface area contributed by atoms with Gasteiger partial charge in [0.15, 0.2) is 17.4 Å². The quantitative estimate of drug-likeness (QED) is 0.766. The number of anilines is 1. The van der Waals surface area contributed by atoms with E-state index in [4.69, 9.17) is 10.5 Å². The second-order valence-electron chi connectivity index (χ2n) is 2.84. The summed E-state index contributed by atoms with van der Waals surface area (Å²) in [6.45, 7) is 2.22. The third-order valence-corrected chi connectivity index (χ3v) is 1.97. The Morgan fingerprint density at radius 3 is 3.07 bits per heavy atom. The summed E-state index contributed by atoms with van der Waals surface area (Å²) in [6.07, 6.45) is 0. The Kier molecular flexibility index (Phi) is 1.99. The maximum absolute atomic E-state index is 13.6. The third kappa shape index (κ3) is 1.17. The Morgan fingerprint density at radius 1 is 1.57 bits per heavy atom. The molecule has 0 unspecified atom stereocenters. The molecule has 74 valence electrons. The van der Waals surface area contributed by atoms with Gasteiger partial charge in [0.05, 0.1) is 6.61 Å². The Labute approximate surface area is 79.9 Å². The van der Waals surface area contributed by atoms with Crippen molar-refractivity contribution in [1.82, 2.24) is 10.2 Å². The number of fused-ring (bicyclic) bond motifs is 1. The van der Waals surface area contributed by atoms with Crippen molar-refractivity contribution in [1.29, 1.82) is 0 Å². The molecule has 14 heavy (non-hydrogen) atoms. The number of nitrogens with one attached hydrogen (secondary N) is 1. The summed E-state index contributed by atoms with van der Waals surface area (Å²) in [5.41, 5.74) is 5.80. The average molecular weight is 195 g/mol. The zero-order chi connectivity index (χ0) is 10.1. The molecular formula is C9H10FN3O. The van der Waals surface area contributed by atoms with Crippen LogP contribution in [0.3, 0.4) is 0 Å². The summed E-state index contributed by atoms with van der Waals surface area (Å²) >= 11 is 0. The second kappa shape index (κ2) is 3.17. The van der Waals surface area contributed by atoms with Gasteiger partial charge in [-0.05, 0) is 19.1 Å². The number of benzene rings is 1. The molecule has 0 amide bonds. The number of aromatic nitrogens is 2. The minimum atomic E-state index is -0.450. The van der Waals surface area contributed by atoms with Crippen molar-refractivity contribution in [2.45, 2.75) is 6.92 Å². The first kappa shape index (κ1) is 8.80. The van der Waals surface area contributed by atoms with Gasteiger partial charge in [0.1, 0.15) is 5.52 Å². The van der Waals surface area contributed by atoms with Gasteiger partial charge >= 0.3 is 0 Å². The number of nitrogen functional groups attached to an aromatic ring is 1. The lowest BCUT2D eigenvalue weighted by Gasteiger charge is -2.03. The van der Waals surface area contributed by atoms with Crippen molar-refractivity contribution in [3.8, 4) is 5.75 Å². The number of ether oxygens (including phenoxy) is 1. The van der Waals surface area contributed by atoms with Gasteiger partial charge in [0, 0.05) is 5.39 Å². The van der Waals surface area contributed by atoms with Gasteiger partial charge in [0.2, 0.25) is 0 Å². The Balaban J connectivity index is 2.63. The molecule has 0 radical (unpaired) electrons. The number of rotatable bonds is 2. The molecule has 0 bridgehead atoms. The van der Waals surface area contributed by atoms with Crippen molar-refractivity contribution in [2.24, 2.45) is 0 Å². The van der Waals surface area contributed by atoms with E-state index < -0.39 is 5.82 Å². The molecule has 2 aromatic rings. The van der Waals surface area contributed by atoms with Crippen molar-refractivity contribution in [3.05, 3.63) is 17.9 Å². The van der Waals surface area contributed by atoms with Crippen molar-refractivity contribution in [3.63, 3.8) is 0 Å². The van der Waals surface area contributed by atoms with Gasteiger partial charge in [-0.15, -0.1) is 0 Å². The van der Waals surface area contributed by atoms with Crippen LogP contribution in [0.5, 0.6) is 5.75 Å². The lowest BCUT2D eigenvalue weighted by Crippen LogP contribution is -1.94. The summed E-state index contributed by atoms with van der Waals surface area (Å²) < 4.78 is 18.7. The zero-order valence-electron chi connectivity index (χ0n) is 7.67. The van der Waals surface area contributed by atoms with Gasteiger partial charge in [0.25, 0.3) is 0 Å². The summed E-state index contributed by atoms with van der Waals surface area (Å²) in [5.74, 6) is 0.0548. The van der Waals surface area contributed by atoms with Crippen LogP contribution < -0.4 is 10.5 Å². The number of halogens is 1. The normalized spacial score (nSPS) is 10.7. The largest absolute Gasteiger partial charge is 0.491 e. The number of aromatic amines is 1. The highest BCUT2D eigenvalue weighted by Gasteiger charge is 2.11. The van der Waals surface area contributed by atoms with E-state index in [-0.39, 0.29) is 11.3 Å². The van der Waals surface area contributed by atoms with Gasteiger partial charge in [-0.2, -0.15) is 5.10 Å². The minimum absolute atomic E-state index is 0.212. The Bertz CT molecular complexity index is 466. The summed E-state index contributed by atoms with van der Waals surface area (Å²) in [6, 6.07) is 3.23. The van der Waals surface area contributed by atoms with E-state index in [1.807, 2.05) is 0 Å². The molecule has 5 heteroatoms. The molecule has 0 atom stereocenters. The van der Waals surface area contributed by atoms with Gasteiger partial charge in [-0.1, -0.05) is 0 Å². The predicted molar refractivity (Wildman–Crippen MR) is 51.6 cm³/mol. The van der Waals surface area contributed by atoms with Gasteiger partial charge in [-0.3, -0.25) is 5.10 Å². The van der Waals surface area contributed by atoms with Crippen LogP contribution in [0, 0.1) is 5.82 Å². The first-order valence-corrected chi connectivity index (χ1v) is 4.29. The molecule has 0 spiro atoms. The van der Waals surface area contributed by atoms with Crippen molar-refractivity contribution in [2.75, 3.05) is 12.3 Å². The fourth-order valence-corrected chi connectivity index (χ4v) is 1.32. The minimum Gasteiger partial charge on any atom is -0.491 e. The number of hydrogen-bond acceptors (Lipinski definition) is 3. The molecule has 0 saturated carbocycles. The standard InChI is InChI=1S/C9H10FN3O/c1-2-14-6-4-3-5-8(7(6)10)12-13-9(5)11/h3-4H,2H2,1H3,(H3,11,12,13). The fraction of sp³-hybridized carbons (Fsp3) is 0.222. The second-order valence-corrected chi connectivity index (χ2v) is 2.84. The fourth-order valence-electron chi connectivity index (χ4n) is 1.32. The lowest BCUT2D eigenvalue weighted by atomic mass is 10.2. The average Bonchev–Trinajstić information content (AvgIpc) is 2.54. The molecule has 1 aromatic heterocycles. The highest BCUT2D eigenvalue weighted by molar-refractivity contribution is 5.89. The molecule has 0 aliphatic rings. The summed E-state index contributed by atoms with van der Waals surface area (Å²) in [7, 11) is 0. The molecule has 2 rings (SSSR count). The zero-order valence-corrected chi connectivity index (χ0v) is 7.67. The van der Waals surface area contributed by atoms with Crippen LogP contribution in [0.4, 0.5) is 10.2 Å². The number of nitrogens with two attached hydrogens (primary N) is 1. The van der Waals surface area contributed by atoms with E-state index in [0.29, 0.717) is 17.8 Å². The maximum Gasteiger partial charge on any atom is 0.190 e. The molecule has 4 nitrogen and oxygen atoms in total. The SMILES string of the molecule is CCOc1ccc2c(N)n[nH]c2c1F. The van der Waals surface area contributed by atoms with E-state index in [1.54, 1.807) is 19.1 Å². The molecule has 1 aromatic carbocycles. The van der Waals surface area contributed by atoms with E-state index in [1.165, 1.54) is 0 Å². The summed E-state index contributed by atoms with van der Waals surface area (Å²) in [5, 5.41) is 6.81. The van der Waals surface area contributed by atoms with E-state index in [2.05, 4.69) is 10.2 Å². The highest BCUT2D eigenvalue weighted by Crippen LogP contribution is 2.27. The molecule has 3 N–H and O–H groups in total. The van der Waals surface area contributed by atoms with Crippen LogP contribution in [-0.4, -0.2) is 16.8 Å². The smallest absolute Gasteiger partial charge is 0.190 e. The first-order chi connectivity index (χ1) is 6.74. The third-order valence-electron chi connectivity index (χ3n) is 1.97. The van der Waals surface area contributed by atoms with Crippen LogP contribution in [0.1, 0.15) is 6.92 Å². The van der Waals surface area contributed by atoms with Gasteiger partial charge < -0.3 is 10.5 Å². The Morgan fingerprint density at radius 2 is 2.36 bits per heavy atom. The molecule has 0 aliphatic heterocycles. The topological polar surface area (TPSA) is 63.9 Å². The van der Waals surface area contributed by atoms with Crippen molar-refractivity contribution < 1.29 is 9.13 Å². The molecular weight excluding hydrogens is 185 g/mol. The summed E-state index contributed by atoms with van der Waals surface area (Å²) in [4.78, 5) is 0. The molecule has 0 saturated heterocycles. The van der Waals surface area contributed by atoms with Crippen LogP contribution in [0.25, 0.3) is 10.9 Å². The monoisotopic (exact) mass is 195 g/mol. The van der Waals surface area contributed by atoms with E-state index in [0.717, 1.165) is 0 Å². The van der Waals surface area contributed by atoms with Crippen molar-refractivity contribution >= 4 is 16.7 Å². The van der Waals surface area contributed by atoms with E-state index in [9.17, 15) is 4.39 Å². The first-order valence-electron chi connectivity index (χ1n) is 4.29. The highest BCUT2D eigenvalue weighted by atomic mass is 19.1. The van der Waals surface area contributed by atoms with Crippen LogP contribution >= 0.6 is 0 Å². The molecule has 0 aliphatic carbocycles. The van der Waals surface area contributed by atoms with E-state index >= 15 is 0 Å². The Hall–Kier alpha value is -1.78. The molecule has 1 heterocycles. The number of nitrogens with zero attached hydrogens (tertiary/aromatic N) is 1. The van der Waals surface area contributed by atoms with Crippen LogP contribution in [-0.2, 0) is 0 Å². The molecule has 0 fully saturated rings. The predicted octanol–water partition coefficient (Wildman–Crippen LogP) is 1.68. The van der Waals surface area contributed by atoms with Crippen LogP contribution in [0.2, 0.25) is 0 Å². The number of hydrogen-bond donors (Lipinski definition) is 2. The number of H-pyrrole nitrogens is 1. The maximum atomic E-state index is 13.6.